The van der Waals surface area contributed by atoms with Gasteiger partial charge in [-0.15, -0.1) is 0 Å². The Morgan fingerprint density at radius 2 is 2.17 bits per heavy atom. The first-order valence-electron chi connectivity index (χ1n) is 6.46. The fraction of sp³-hybridized carbons (Fsp3) is 0.400. The van der Waals surface area contributed by atoms with E-state index in [1.165, 1.54) is 29.8 Å². The minimum absolute atomic E-state index is 0.879. The first-order valence-corrected chi connectivity index (χ1v) is 7.62. The number of rotatable bonds is 4. The Morgan fingerprint density at radius 1 is 1.33 bits per heavy atom. The van der Waals surface area contributed by atoms with Gasteiger partial charge < -0.3 is 5.32 Å². The lowest BCUT2D eigenvalue weighted by atomic mass is 10.1. The molecule has 18 heavy (non-hydrogen) atoms. The van der Waals surface area contributed by atoms with Crippen LogP contribution < -0.4 is 5.32 Å². The maximum atomic E-state index is 4.59. The summed E-state index contributed by atoms with van der Waals surface area (Å²) in [5.74, 6) is 3.24. The van der Waals surface area contributed by atoms with Crippen LogP contribution in [0, 0.1) is 12.8 Å². The molecule has 0 bridgehead atoms. The lowest BCUT2D eigenvalue weighted by Gasteiger charge is -2.26. The van der Waals surface area contributed by atoms with Crippen molar-refractivity contribution in [1.82, 2.24) is 10.3 Å². The Balaban J connectivity index is 1.77. The molecule has 1 aromatic heterocycles. The van der Waals surface area contributed by atoms with E-state index in [0.29, 0.717) is 0 Å². The third-order valence-corrected chi connectivity index (χ3v) is 4.63. The molecule has 2 heterocycles. The van der Waals surface area contributed by atoms with Gasteiger partial charge in [-0.05, 0) is 49.4 Å². The van der Waals surface area contributed by atoms with Gasteiger partial charge >= 0.3 is 0 Å². The highest BCUT2D eigenvalue weighted by Crippen LogP contribution is 2.24. The van der Waals surface area contributed by atoms with Crippen LogP contribution in [0.15, 0.2) is 30.3 Å². The number of hydrogen-bond acceptors (Lipinski definition) is 3. The monoisotopic (exact) mass is 258 g/mol. The number of nitrogens with one attached hydrogen (secondary N) is 1. The minimum Gasteiger partial charge on any atom is -0.316 e. The quantitative estimate of drug-likeness (QED) is 0.912. The van der Waals surface area contributed by atoms with Crippen molar-refractivity contribution >= 4 is 22.7 Å². The summed E-state index contributed by atoms with van der Waals surface area (Å²) >= 11 is 2.05. The van der Waals surface area contributed by atoms with Gasteiger partial charge in [0.05, 0.1) is 5.52 Å². The summed E-state index contributed by atoms with van der Waals surface area (Å²) in [6.07, 6.45) is 0. The average molecular weight is 258 g/mol. The molecule has 1 aliphatic heterocycles. The Hall–Kier alpha value is -1.06. The zero-order valence-electron chi connectivity index (χ0n) is 10.6. The van der Waals surface area contributed by atoms with E-state index in [0.717, 1.165) is 22.9 Å². The number of aromatic nitrogens is 1. The van der Waals surface area contributed by atoms with E-state index < -0.39 is 0 Å². The van der Waals surface area contributed by atoms with Crippen molar-refractivity contribution < 1.29 is 0 Å². The van der Waals surface area contributed by atoms with Gasteiger partial charge in [0, 0.05) is 16.8 Å². The SMILES string of the molecule is Cc1cc(CSCC2CNC2)c2ccccc2n1. The van der Waals surface area contributed by atoms with Crippen LogP contribution in [0.5, 0.6) is 0 Å². The normalized spacial score (nSPS) is 15.8. The van der Waals surface area contributed by atoms with Crippen LogP contribution in [0.1, 0.15) is 11.3 Å². The van der Waals surface area contributed by atoms with Crippen LogP contribution in [-0.2, 0) is 5.75 Å². The molecule has 1 fully saturated rings. The van der Waals surface area contributed by atoms with E-state index in [-0.39, 0.29) is 0 Å². The summed E-state index contributed by atoms with van der Waals surface area (Å²) in [6, 6.07) is 10.7. The summed E-state index contributed by atoms with van der Waals surface area (Å²) in [5, 5.41) is 4.63. The molecule has 1 N–H and O–H groups in total. The Labute approximate surface area is 112 Å². The molecular weight excluding hydrogens is 240 g/mol. The highest BCUT2D eigenvalue weighted by Gasteiger charge is 2.16. The highest BCUT2D eigenvalue weighted by atomic mass is 32.2. The first-order chi connectivity index (χ1) is 8.83. The fourth-order valence-electron chi connectivity index (χ4n) is 2.32. The van der Waals surface area contributed by atoms with Gasteiger partial charge in [0.15, 0.2) is 0 Å². The molecule has 3 rings (SSSR count). The van der Waals surface area contributed by atoms with Gasteiger partial charge in [0.25, 0.3) is 0 Å². The van der Waals surface area contributed by atoms with Crippen molar-refractivity contribution in [3.8, 4) is 0 Å². The van der Waals surface area contributed by atoms with Gasteiger partial charge in [-0.1, -0.05) is 18.2 Å². The van der Waals surface area contributed by atoms with E-state index >= 15 is 0 Å². The molecule has 0 radical (unpaired) electrons. The second-order valence-corrected chi connectivity index (χ2v) is 6.01. The summed E-state index contributed by atoms with van der Waals surface area (Å²) in [5.41, 5.74) is 3.67. The van der Waals surface area contributed by atoms with E-state index in [2.05, 4.69) is 47.6 Å². The predicted molar refractivity (Wildman–Crippen MR) is 79.0 cm³/mol. The van der Waals surface area contributed by atoms with Crippen molar-refractivity contribution in [1.29, 1.82) is 0 Å². The molecule has 1 aromatic carbocycles. The number of pyridine rings is 1. The van der Waals surface area contributed by atoms with E-state index in [9.17, 15) is 0 Å². The second-order valence-electron chi connectivity index (χ2n) is 4.98. The third-order valence-electron chi connectivity index (χ3n) is 3.41. The van der Waals surface area contributed by atoms with E-state index in [1.54, 1.807) is 0 Å². The summed E-state index contributed by atoms with van der Waals surface area (Å²) in [7, 11) is 0. The van der Waals surface area contributed by atoms with E-state index in [4.69, 9.17) is 0 Å². The van der Waals surface area contributed by atoms with Gasteiger partial charge in [0.2, 0.25) is 0 Å². The zero-order chi connectivity index (χ0) is 12.4. The molecule has 3 heteroatoms. The molecular formula is C15H18N2S. The molecule has 1 aliphatic rings. The molecule has 0 amide bonds. The van der Waals surface area contributed by atoms with Crippen molar-refractivity contribution in [3.05, 3.63) is 41.6 Å². The third kappa shape index (κ3) is 2.52. The average Bonchev–Trinajstić information content (AvgIpc) is 2.32. The summed E-state index contributed by atoms with van der Waals surface area (Å²) in [4.78, 5) is 4.59. The molecule has 94 valence electrons. The molecule has 0 saturated carbocycles. The Morgan fingerprint density at radius 3 is 2.94 bits per heavy atom. The van der Waals surface area contributed by atoms with Crippen LogP contribution >= 0.6 is 11.8 Å². The summed E-state index contributed by atoms with van der Waals surface area (Å²) in [6.45, 7) is 4.47. The Kier molecular flexibility index (Phi) is 3.52. The van der Waals surface area contributed by atoms with Gasteiger partial charge in [0.1, 0.15) is 0 Å². The number of benzene rings is 1. The Bertz CT molecular complexity index is 549. The lowest BCUT2D eigenvalue weighted by Crippen LogP contribution is -2.43. The van der Waals surface area contributed by atoms with Crippen molar-refractivity contribution in [2.75, 3.05) is 18.8 Å². The highest BCUT2D eigenvalue weighted by molar-refractivity contribution is 7.98. The molecule has 1 saturated heterocycles. The van der Waals surface area contributed by atoms with Crippen LogP contribution in [0.4, 0.5) is 0 Å². The first kappa shape index (κ1) is 12.0. The van der Waals surface area contributed by atoms with Gasteiger partial charge in [-0.25, -0.2) is 0 Å². The lowest BCUT2D eigenvalue weighted by molar-refractivity contribution is 0.385. The standard InChI is InChI=1S/C15H18N2S/c1-11-6-13(10-18-9-12-7-16-8-12)14-4-2-3-5-15(14)17-11/h2-6,12,16H,7-10H2,1H3. The van der Waals surface area contributed by atoms with Gasteiger partial charge in [-0.2, -0.15) is 11.8 Å². The largest absolute Gasteiger partial charge is 0.316 e. The maximum absolute atomic E-state index is 4.59. The predicted octanol–water partition coefficient (Wildman–Crippen LogP) is 3.00. The van der Waals surface area contributed by atoms with Crippen molar-refractivity contribution in [3.63, 3.8) is 0 Å². The molecule has 0 unspecified atom stereocenters. The fourth-order valence-corrected chi connectivity index (χ4v) is 3.46. The van der Waals surface area contributed by atoms with Crippen LogP contribution in [0.2, 0.25) is 0 Å². The van der Waals surface area contributed by atoms with E-state index in [1.807, 2.05) is 11.8 Å². The van der Waals surface area contributed by atoms with Crippen molar-refractivity contribution in [2.24, 2.45) is 5.92 Å². The van der Waals surface area contributed by atoms with Crippen molar-refractivity contribution in [2.45, 2.75) is 12.7 Å². The number of fused-ring (bicyclic) bond motifs is 1. The molecule has 0 spiro atoms. The number of aryl methyl sites for hydroxylation is 1. The van der Waals surface area contributed by atoms with Crippen LogP contribution in [0.3, 0.4) is 0 Å². The number of nitrogens with zero attached hydrogens (tertiary/aromatic N) is 1. The van der Waals surface area contributed by atoms with Crippen LogP contribution in [0.25, 0.3) is 10.9 Å². The van der Waals surface area contributed by atoms with Gasteiger partial charge in [-0.3, -0.25) is 4.98 Å². The number of hydrogen-bond donors (Lipinski definition) is 1. The molecule has 0 aliphatic carbocycles. The number of para-hydroxylation sites is 1. The maximum Gasteiger partial charge on any atom is 0.0708 e. The molecule has 0 atom stereocenters. The molecule has 2 aromatic rings. The smallest absolute Gasteiger partial charge is 0.0708 e. The summed E-state index contributed by atoms with van der Waals surface area (Å²) < 4.78 is 0. The zero-order valence-corrected chi connectivity index (χ0v) is 11.5. The van der Waals surface area contributed by atoms with Crippen LogP contribution in [-0.4, -0.2) is 23.8 Å². The number of thioether (sulfide) groups is 1. The second kappa shape index (κ2) is 5.29. The minimum atomic E-state index is 0.879. The molecule has 2 nitrogen and oxygen atoms in total. The topological polar surface area (TPSA) is 24.9 Å².